The van der Waals surface area contributed by atoms with Crippen molar-refractivity contribution in [1.82, 2.24) is 4.90 Å². The molecule has 0 saturated carbocycles. The Hall–Kier alpha value is -1.94. The van der Waals surface area contributed by atoms with E-state index in [1.54, 1.807) is 18.2 Å². The lowest BCUT2D eigenvalue weighted by Crippen LogP contribution is -2.49. The van der Waals surface area contributed by atoms with Gasteiger partial charge in [-0.1, -0.05) is 0 Å². The lowest BCUT2D eigenvalue weighted by Gasteiger charge is -2.36. The highest BCUT2D eigenvalue weighted by atomic mass is 19.4. The molecular formula is C13H15F3N4. The molecule has 0 spiro atoms. The summed E-state index contributed by atoms with van der Waals surface area (Å²) in [4.78, 5) is 3.35. The smallest absolute Gasteiger partial charge is 0.398 e. The van der Waals surface area contributed by atoms with Crippen molar-refractivity contribution in [2.45, 2.75) is 6.18 Å². The average Bonchev–Trinajstić information content (AvgIpc) is 2.38. The van der Waals surface area contributed by atoms with Crippen LogP contribution < -0.4 is 10.6 Å². The average molecular weight is 284 g/mol. The molecule has 0 unspecified atom stereocenters. The van der Waals surface area contributed by atoms with Crippen LogP contribution in [-0.2, 0) is 0 Å². The van der Waals surface area contributed by atoms with Crippen LogP contribution in [0, 0.1) is 11.3 Å². The summed E-state index contributed by atoms with van der Waals surface area (Å²) in [7, 11) is 0. The number of halogens is 3. The van der Waals surface area contributed by atoms with Crippen LogP contribution in [0.3, 0.4) is 0 Å². The van der Waals surface area contributed by atoms with E-state index in [1.165, 1.54) is 4.90 Å². The van der Waals surface area contributed by atoms with Crippen molar-refractivity contribution in [3.63, 3.8) is 0 Å². The predicted molar refractivity (Wildman–Crippen MR) is 70.3 cm³/mol. The van der Waals surface area contributed by atoms with Crippen LogP contribution in [0.5, 0.6) is 0 Å². The van der Waals surface area contributed by atoms with Gasteiger partial charge in [-0.15, -0.1) is 0 Å². The number of nitrogen functional groups attached to an aromatic ring is 1. The molecule has 4 nitrogen and oxygen atoms in total. The number of nitriles is 1. The zero-order valence-electron chi connectivity index (χ0n) is 10.8. The van der Waals surface area contributed by atoms with E-state index in [4.69, 9.17) is 11.0 Å². The van der Waals surface area contributed by atoms with Gasteiger partial charge in [0.05, 0.1) is 12.1 Å². The first-order chi connectivity index (χ1) is 9.39. The highest BCUT2D eigenvalue weighted by molar-refractivity contribution is 5.62. The van der Waals surface area contributed by atoms with Crippen molar-refractivity contribution >= 4 is 11.4 Å². The van der Waals surface area contributed by atoms with Crippen molar-refractivity contribution in [3.8, 4) is 6.07 Å². The highest BCUT2D eigenvalue weighted by Gasteiger charge is 2.32. The SMILES string of the molecule is N#Cc1cc(N2CCN(CC(F)(F)F)CC2)ccc1N. The Morgan fingerprint density at radius 2 is 1.85 bits per heavy atom. The normalized spacial score (nSPS) is 17.0. The number of hydrogen-bond donors (Lipinski definition) is 1. The number of rotatable bonds is 2. The van der Waals surface area contributed by atoms with E-state index in [1.807, 2.05) is 11.0 Å². The molecule has 2 rings (SSSR count). The molecule has 0 aromatic heterocycles. The number of hydrogen-bond acceptors (Lipinski definition) is 4. The number of anilines is 2. The fraction of sp³-hybridized carbons (Fsp3) is 0.462. The first kappa shape index (κ1) is 14.5. The number of alkyl halides is 3. The molecular weight excluding hydrogens is 269 g/mol. The van der Waals surface area contributed by atoms with Gasteiger partial charge in [0.15, 0.2) is 0 Å². The molecule has 20 heavy (non-hydrogen) atoms. The van der Waals surface area contributed by atoms with Gasteiger partial charge in [0, 0.05) is 37.6 Å². The third-order valence-corrected chi connectivity index (χ3v) is 3.30. The molecule has 0 amide bonds. The summed E-state index contributed by atoms with van der Waals surface area (Å²) in [5.74, 6) is 0. The number of benzene rings is 1. The summed E-state index contributed by atoms with van der Waals surface area (Å²) in [6.45, 7) is 0.847. The van der Waals surface area contributed by atoms with Gasteiger partial charge in [-0.2, -0.15) is 18.4 Å². The Morgan fingerprint density at radius 1 is 1.20 bits per heavy atom. The number of piperazine rings is 1. The second-order valence-corrected chi connectivity index (χ2v) is 4.76. The predicted octanol–water partition coefficient (Wildman–Crippen LogP) is 1.82. The van der Waals surface area contributed by atoms with Crippen LogP contribution in [0.15, 0.2) is 18.2 Å². The summed E-state index contributed by atoms with van der Waals surface area (Å²) >= 11 is 0. The monoisotopic (exact) mass is 284 g/mol. The van der Waals surface area contributed by atoms with Gasteiger partial charge < -0.3 is 10.6 Å². The van der Waals surface area contributed by atoms with Crippen molar-refractivity contribution in [2.75, 3.05) is 43.4 Å². The molecule has 0 atom stereocenters. The van der Waals surface area contributed by atoms with Gasteiger partial charge in [0.1, 0.15) is 6.07 Å². The van der Waals surface area contributed by atoms with Gasteiger partial charge in [0.25, 0.3) is 0 Å². The minimum absolute atomic E-state index is 0.353. The van der Waals surface area contributed by atoms with E-state index in [2.05, 4.69) is 0 Å². The van der Waals surface area contributed by atoms with Crippen LogP contribution in [0.25, 0.3) is 0 Å². The van der Waals surface area contributed by atoms with E-state index in [0.717, 1.165) is 5.69 Å². The largest absolute Gasteiger partial charge is 0.401 e. The van der Waals surface area contributed by atoms with Crippen molar-refractivity contribution in [2.24, 2.45) is 0 Å². The summed E-state index contributed by atoms with van der Waals surface area (Å²) in [6, 6.07) is 7.12. The second-order valence-electron chi connectivity index (χ2n) is 4.76. The minimum atomic E-state index is -4.16. The van der Waals surface area contributed by atoms with Gasteiger partial charge >= 0.3 is 6.18 Å². The van der Waals surface area contributed by atoms with E-state index in [0.29, 0.717) is 37.4 Å². The number of nitrogens with zero attached hydrogens (tertiary/aromatic N) is 3. The summed E-state index contributed by atoms with van der Waals surface area (Å²) < 4.78 is 36.9. The van der Waals surface area contributed by atoms with Gasteiger partial charge in [-0.25, -0.2) is 0 Å². The summed E-state index contributed by atoms with van der Waals surface area (Å²) in [6.07, 6.45) is -4.16. The first-order valence-corrected chi connectivity index (χ1v) is 6.23. The fourth-order valence-electron chi connectivity index (χ4n) is 2.26. The Balaban J connectivity index is 1.99. The molecule has 2 N–H and O–H groups in total. The molecule has 1 aromatic rings. The Kier molecular flexibility index (Phi) is 4.04. The molecule has 7 heteroatoms. The maximum atomic E-state index is 12.3. The summed E-state index contributed by atoms with van der Waals surface area (Å²) in [5, 5.41) is 8.93. The van der Waals surface area contributed by atoms with E-state index in [9.17, 15) is 13.2 Å². The molecule has 1 saturated heterocycles. The van der Waals surface area contributed by atoms with E-state index < -0.39 is 12.7 Å². The van der Waals surface area contributed by atoms with Crippen LogP contribution in [0.1, 0.15) is 5.56 Å². The minimum Gasteiger partial charge on any atom is -0.398 e. The van der Waals surface area contributed by atoms with E-state index in [-0.39, 0.29) is 0 Å². The zero-order chi connectivity index (χ0) is 14.8. The topological polar surface area (TPSA) is 56.3 Å². The highest BCUT2D eigenvalue weighted by Crippen LogP contribution is 2.23. The van der Waals surface area contributed by atoms with Gasteiger partial charge in [-0.3, -0.25) is 4.90 Å². The maximum Gasteiger partial charge on any atom is 0.401 e. The molecule has 1 aliphatic heterocycles. The lowest BCUT2D eigenvalue weighted by molar-refractivity contribution is -0.146. The maximum absolute atomic E-state index is 12.3. The Bertz CT molecular complexity index is 513. The zero-order valence-corrected chi connectivity index (χ0v) is 10.8. The molecule has 108 valence electrons. The van der Waals surface area contributed by atoms with Crippen molar-refractivity contribution in [3.05, 3.63) is 23.8 Å². The van der Waals surface area contributed by atoms with Crippen LogP contribution in [0.2, 0.25) is 0 Å². The quantitative estimate of drug-likeness (QED) is 0.842. The molecule has 0 aliphatic carbocycles. The Labute approximate surface area is 115 Å². The van der Waals surface area contributed by atoms with Crippen LogP contribution in [0.4, 0.5) is 24.5 Å². The fourth-order valence-corrected chi connectivity index (χ4v) is 2.26. The van der Waals surface area contributed by atoms with Crippen molar-refractivity contribution in [1.29, 1.82) is 5.26 Å². The second kappa shape index (κ2) is 5.59. The summed E-state index contributed by atoms with van der Waals surface area (Å²) in [5.41, 5.74) is 7.27. The van der Waals surface area contributed by atoms with Gasteiger partial charge in [-0.05, 0) is 18.2 Å². The lowest BCUT2D eigenvalue weighted by atomic mass is 10.1. The molecule has 1 fully saturated rings. The molecule has 0 bridgehead atoms. The molecule has 1 aromatic carbocycles. The standard InChI is InChI=1S/C13H15F3N4/c14-13(15,16)9-19-3-5-20(6-4-19)11-1-2-12(18)10(7-11)8-17/h1-2,7H,3-6,9,18H2. The van der Waals surface area contributed by atoms with Crippen molar-refractivity contribution < 1.29 is 13.2 Å². The molecule has 0 radical (unpaired) electrons. The first-order valence-electron chi connectivity index (χ1n) is 6.23. The third kappa shape index (κ3) is 3.54. The third-order valence-electron chi connectivity index (χ3n) is 3.30. The number of nitrogens with two attached hydrogens (primary N) is 1. The van der Waals surface area contributed by atoms with Gasteiger partial charge in [0.2, 0.25) is 0 Å². The van der Waals surface area contributed by atoms with Crippen LogP contribution in [-0.4, -0.2) is 43.8 Å². The van der Waals surface area contributed by atoms with Crippen LogP contribution >= 0.6 is 0 Å². The molecule has 1 aliphatic rings. The van der Waals surface area contributed by atoms with E-state index >= 15 is 0 Å². The molecule has 1 heterocycles. The Morgan fingerprint density at radius 3 is 2.40 bits per heavy atom.